The summed E-state index contributed by atoms with van der Waals surface area (Å²) in [6, 6.07) is 8.78. The number of allylic oxidation sites excluding steroid dienone is 2. The minimum absolute atomic E-state index is 0. The van der Waals surface area contributed by atoms with Crippen LogP contribution in [0, 0.1) is 0 Å². The molecule has 1 rings (SSSR count). The zero-order valence-electron chi connectivity index (χ0n) is 11.4. The van der Waals surface area contributed by atoms with Crippen molar-refractivity contribution in [1.82, 2.24) is 0 Å². The molecule has 0 aromatic heterocycles. The van der Waals surface area contributed by atoms with E-state index in [0.717, 1.165) is 6.42 Å². The van der Waals surface area contributed by atoms with E-state index in [1.165, 1.54) is 16.7 Å². The molecule has 0 spiro atoms. The van der Waals surface area contributed by atoms with Crippen molar-refractivity contribution in [3.8, 4) is 0 Å². The maximum absolute atomic E-state index is 3.82. The van der Waals surface area contributed by atoms with Gasteiger partial charge in [0.25, 0.3) is 0 Å². The fraction of sp³-hybridized carbons (Fsp3) is 0.375. The van der Waals surface area contributed by atoms with Gasteiger partial charge in [0.15, 0.2) is 0 Å². The van der Waals surface area contributed by atoms with Crippen LogP contribution in [-0.2, 0) is 5.41 Å². The third-order valence-corrected chi connectivity index (χ3v) is 2.80. The lowest BCUT2D eigenvalue weighted by Gasteiger charge is -2.18. The Bertz CT molecular complexity index is 377. The highest BCUT2D eigenvalue weighted by atomic mass is 16.0. The molecule has 0 radical (unpaired) electrons. The van der Waals surface area contributed by atoms with Gasteiger partial charge in [-0.15, -0.1) is 0 Å². The maximum Gasteiger partial charge on any atom is -0.0132 e. The topological polar surface area (TPSA) is 31.5 Å². The number of hydrogen-bond donors (Lipinski definition) is 0. The first-order valence-corrected chi connectivity index (χ1v) is 5.91. The number of rotatable bonds is 3. The fourth-order valence-electron chi connectivity index (χ4n) is 1.60. The Labute approximate surface area is 105 Å². The van der Waals surface area contributed by atoms with Crippen LogP contribution < -0.4 is 0 Å². The van der Waals surface area contributed by atoms with Crippen molar-refractivity contribution in [3.63, 3.8) is 0 Å². The van der Waals surface area contributed by atoms with E-state index in [2.05, 4.69) is 64.6 Å². The summed E-state index contributed by atoms with van der Waals surface area (Å²) in [5.41, 5.74) is 4.14. The summed E-state index contributed by atoms with van der Waals surface area (Å²) in [4.78, 5) is 0. The molecule has 0 aliphatic heterocycles. The van der Waals surface area contributed by atoms with Crippen LogP contribution in [-0.4, -0.2) is 5.48 Å². The summed E-state index contributed by atoms with van der Waals surface area (Å²) in [5, 5.41) is 0. The van der Waals surface area contributed by atoms with E-state index in [4.69, 9.17) is 0 Å². The summed E-state index contributed by atoms with van der Waals surface area (Å²) < 4.78 is 0. The number of benzene rings is 1. The maximum atomic E-state index is 3.82. The van der Waals surface area contributed by atoms with Crippen LogP contribution in [0.15, 0.2) is 42.5 Å². The van der Waals surface area contributed by atoms with Crippen LogP contribution in [0.2, 0.25) is 0 Å². The second kappa shape index (κ2) is 6.41. The van der Waals surface area contributed by atoms with E-state index >= 15 is 0 Å². The van der Waals surface area contributed by atoms with Gasteiger partial charge >= 0.3 is 0 Å². The molecule has 1 aromatic carbocycles. The Hall–Kier alpha value is -1.34. The van der Waals surface area contributed by atoms with Crippen molar-refractivity contribution in [3.05, 3.63) is 53.6 Å². The molecule has 17 heavy (non-hydrogen) atoms. The molecule has 94 valence electrons. The molecule has 0 amide bonds. The standard InChI is InChI=1S/C16H22.H2O/c1-6-13(7-2)12-14-8-10-15(11-9-14)16(3,4)5;/h6,8-12H,1,7H2,2-5H3;1H2/b13-12-;. The van der Waals surface area contributed by atoms with Crippen LogP contribution >= 0.6 is 0 Å². The minimum atomic E-state index is 0. The van der Waals surface area contributed by atoms with Gasteiger partial charge in [0.1, 0.15) is 0 Å². The average molecular weight is 232 g/mol. The van der Waals surface area contributed by atoms with Crippen LogP contribution in [0.5, 0.6) is 0 Å². The van der Waals surface area contributed by atoms with Crippen molar-refractivity contribution in [2.24, 2.45) is 0 Å². The van der Waals surface area contributed by atoms with Crippen LogP contribution in [0.3, 0.4) is 0 Å². The molecule has 1 nitrogen and oxygen atoms in total. The Morgan fingerprint density at radius 1 is 1.18 bits per heavy atom. The van der Waals surface area contributed by atoms with E-state index in [1.54, 1.807) is 0 Å². The molecule has 2 N–H and O–H groups in total. The first-order valence-electron chi connectivity index (χ1n) is 5.91. The van der Waals surface area contributed by atoms with Gasteiger partial charge in [0, 0.05) is 0 Å². The minimum Gasteiger partial charge on any atom is -0.412 e. The second-order valence-electron chi connectivity index (χ2n) is 5.15. The van der Waals surface area contributed by atoms with Crippen LogP contribution in [0.25, 0.3) is 6.08 Å². The van der Waals surface area contributed by atoms with Gasteiger partial charge in [-0.2, -0.15) is 0 Å². The van der Waals surface area contributed by atoms with E-state index in [9.17, 15) is 0 Å². The molecule has 1 heteroatoms. The monoisotopic (exact) mass is 232 g/mol. The Morgan fingerprint density at radius 3 is 2.06 bits per heavy atom. The predicted octanol–water partition coefficient (Wildman–Crippen LogP) is 4.14. The van der Waals surface area contributed by atoms with Gasteiger partial charge in [-0.3, -0.25) is 0 Å². The van der Waals surface area contributed by atoms with Crippen LogP contribution in [0.4, 0.5) is 0 Å². The molecule has 0 saturated carbocycles. The zero-order valence-corrected chi connectivity index (χ0v) is 11.4. The molecule has 0 fully saturated rings. The third kappa shape index (κ3) is 4.58. The van der Waals surface area contributed by atoms with Gasteiger partial charge in [0.05, 0.1) is 0 Å². The Kier molecular flexibility index (Phi) is 5.90. The van der Waals surface area contributed by atoms with Crippen LogP contribution in [0.1, 0.15) is 45.2 Å². The highest BCUT2D eigenvalue weighted by Crippen LogP contribution is 2.23. The first-order chi connectivity index (χ1) is 7.47. The van der Waals surface area contributed by atoms with Crippen molar-refractivity contribution in [2.45, 2.75) is 39.5 Å². The third-order valence-electron chi connectivity index (χ3n) is 2.80. The van der Waals surface area contributed by atoms with E-state index in [-0.39, 0.29) is 10.9 Å². The second-order valence-corrected chi connectivity index (χ2v) is 5.15. The molecule has 1 aromatic rings. The molecule has 0 aliphatic carbocycles. The quantitative estimate of drug-likeness (QED) is 0.701. The summed E-state index contributed by atoms with van der Waals surface area (Å²) in [6.45, 7) is 12.7. The van der Waals surface area contributed by atoms with Gasteiger partial charge in [-0.05, 0) is 28.5 Å². The first kappa shape index (κ1) is 15.7. The SMILES string of the molecule is C=C/C(=C/c1ccc(C(C)(C)C)cc1)CC.O. The number of hydrogen-bond acceptors (Lipinski definition) is 0. The van der Waals surface area contributed by atoms with E-state index < -0.39 is 0 Å². The molecule has 0 unspecified atom stereocenters. The Balaban J connectivity index is 0.00000256. The summed E-state index contributed by atoms with van der Waals surface area (Å²) >= 11 is 0. The highest BCUT2D eigenvalue weighted by Gasteiger charge is 2.12. The van der Waals surface area contributed by atoms with Gasteiger partial charge in [-0.1, -0.05) is 70.7 Å². The summed E-state index contributed by atoms with van der Waals surface area (Å²) in [6.07, 6.45) is 5.15. The molecule has 0 heterocycles. The lowest BCUT2D eigenvalue weighted by Crippen LogP contribution is -2.10. The molecular formula is C16H24O. The molecule has 0 saturated heterocycles. The van der Waals surface area contributed by atoms with Crippen molar-refractivity contribution >= 4 is 6.08 Å². The van der Waals surface area contributed by atoms with Crippen molar-refractivity contribution in [1.29, 1.82) is 0 Å². The van der Waals surface area contributed by atoms with Crippen molar-refractivity contribution in [2.75, 3.05) is 0 Å². The molecular weight excluding hydrogens is 208 g/mol. The summed E-state index contributed by atoms with van der Waals surface area (Å²) in [5.74, 6) is 0. The molecule has 0 atom stereocenters. The lowest BCUT2D eigenvalue weighted by molar-refractivity contribution is 0.590. The lowest BCUT2D eigenvalue weighted by atomic mass is 9.86. The normalized spacial score (nSPS) is 11.9. The fourth-order valence-corrected chi connectivity index (χ4v) is 1.60. The van der Waals surface area contributed by atoms with E-state index in [0.29, 0.717) is 0 Å². The predicted molar refractivity (Wildman–Crippen MR) is 77.2 cm³/mol. The van der Waals surface area contributed by atoms with E-state index in [1.807, 2.05) is 6.08 Å². The largest absolute Gasteiger partial charge is 0.412 e. The Morgan fingerprint density at radius 2 is 1.71 bits per heavy atom. The van der Waals surface area contributed by atoms with Gasteiger partial charge in [-0.25, -0.2) is 0 Å². The van der Waals surface area contributed by atoms with Crippen molar-refractivity contribution < 1.29 is 5.48 Å². The summed E-state index contributed by atoms with van der Waals surface area (Å²) in [7, 11) is 0. The highest BCUT2D eigenvalue weighted by molar-refractivity contribution is 5.56. The zero-order chi connectivity index (χ0) is 12.2. The molecule has 0 aliphatic rings. The van der Waals surface area contributed by atoms with Gasteiger partial charge in [0.2, 0.25) is 0 Å². The smallest absolute Gasteiger partial charge is 0.0132 e. The average Bonchev–Trinajstić information content (AvgIpc) is 2.25. The van der Waals surface area contributed by atoms with Gasteiger partial charge < -0.3 is 5.48 Å². The molecule has 0 bridgehead atoms.